The summed E-state index contributed by atoms with van der Waals surface area (Å²) in [6, 6.07) is 9.39. The molecule has 1 fully saturated rings. The van der Waals surface area contributed by atoms with E-state index >= 15 is 0 Å². The molecule has 0 aliphatic carbocycles. The van der Waals surface area contributed by atoms with E-state index in [2.05, 4.69) is 22.8 Å². The van der Waals surface area contributed by atoms with Crippen molar-refractivity contribution in [3.8, 4) is 22.8 Å². The molecule has 26 heavy (non-hydrogen) atoms. The Bertz CT molecular complexity index is 929. The van der Waals surface area contributed by atoms with Crippen molar-refractivity contribution in [1.82, 2.24) is 9.38 Å². The summed E-state index contributed by atoms with van der Waals surface area (Å²) < 4.78 is 12.9. The first-order chi connectivity index (χ1) is 12.7. The number of ether oxygens (including phenoxy) is 2. The molecule has 3 aromatic rings. The van der Waals surface area contributed by atoms with E-state index in [0.29, 0.717) is 5.75 Å². The number of aromatic nitrogens is 2. The second kappa shape index (κ2) is 6.88. The molecular weight excluding hydrogens is 330 g/mol. The predicted molar refractivity (Wildman–Crippen MR) is 101 cm³/mol. The van der Waals surface area contributed by atoms with Crippen molar-refractivity contribution in [2.24, 2.45) is 0 Å². The number of phenols is 1. The molecule has 136 valence electrons. The monoisotopic (exact) mass is 353 g/mol. The Hall–Kier alpha value is -2.73. The number of nitrogens with zero attached hydrogens (tertiary/aromatic N) is 2. The molecule has 1 aromatic carbocycles. The van der Waals surface area contributed by atoms with Crippen LogP contribution in [0.2, 0.25) is 0 Å². The first kappa shape index (κ1) is 16.7. The number of rotatable bonds is 5. The lowest BCUT2D eigenvalue weighted by atomic mass is 10.1. The van der Waals surface area contributed by atoms with Gasteiger partial charge in [0, 0.05) is 24.9 Å². The highest BCUT2D eigenvalue weighted by Crippen LogP contribution is 2.35. The van der Waals surface area contributed by atoms with Crippen LogP contribution in [0.15, 0.2) is 36.5 Å². The van der Waals surface area contributed by atoms with Gasteiger partial charge in [-0.1, -0.05) is 6.07 Å². The average Bonchev–Trinajstić information content (AvgIpc) is 3.27. The van der Waals surface area contributed by atoms with Gasteiger partial charge in [0.2, 0.25) is 0 Å². The number of fused-ring (bicyclic) bond motifs is 1. The Kier molecular flexibility index (Phi) is 4.42. The average molecular weight is 353 g/mol. The molecule has 2 N–H and O–H groups in total. The molecular formula is C20H23N3O3. The lowest BCUT2D eigenvalue weighted by Crippen LogP contribution is -2.19. The number of aryl methyl sites for hydroxylation is 1. The van der Waals surface area contributed by atoms with Gasteiger partial charge in [0.1, 0.15) is 17.2 Å². The minimum absolute atomic E-state index is 0.100. The van der Waals surface area contributed by atoms with E-state index in [1.54, 1.807) is 12.1 Å². The first-order valence-corrected chi connectivity index (χ1v) is 8.87. The number of hydrogen-bond acceptors (Lipinski definition) is 5. The van der Waals surface area contributed by atoms with Crippen molar-refractivity contribution in [1.29, 1.82) is 0 Å². The second-order valence-corrected chi connectivity index (χ2v) is 6.65. The van der Waals surface area contributed by atoms with Crippen LogP contribution in [-0.2, 0) is 4.74 Å². The third kappa shape index (κ3) is 3.08. The highest BCUT2D eigenvalue weighted by atomic mass is 16.5. The van der Waals surface area contributed by atoms with Gasteiger partial charge in [0.05, 0.1) is 13.2 Å². The smallest absolute Gasteiger partial charge is 0.160 e. The number of imidazole rings is 1. The van der Waals surface area contributed by atoms with Crippen molar-refractivity contribution in [2.45, 2.75) is 25.9 Å². The molecule has 2 aromatic heterocycles. The summed E-state index contributed by atoms with van der Waals surface area (Å²) in [5.74, 6) is 1.45. The van der Waals surface area contributed by atoms with E-state index in [9.17, 15) is 5.11 Å². The Morgan fingerprint density at radius 1 is 1.35 bits per heavy atom. The fourth-order valence-electron chi connectivity index (χ4n) is 3.37. The summed E-state index contributed by atoms with van der Waals surface area (Å²) in [5.41, 5.74) is 3.64. The normalized spacial score (nSPS) is 16.9. The van der Waals surface area contributed by atoms with Gasteiger partial charge in [0.15, 0.2) is 11.5 Å². The van der Waals surface area contributed by atoms with Gasteiger partial charge in [-0.2, -0.15) is 0 Å². The quantitative estimate of drug-likeness (QED) is 0.733. The van der Waals surface area contributed by atoms with Crippen LogP contribution < -0.4 is 10.1 Å². The van der Waals surface area contributed by atoms with Gasteiger partial charge >= 0.3 is 0 Å². The molecule has 0 saturated carbocycles. The maximum atomic E-state index is 10.2. The zero-order valence-corrected chi connectivity index (χ0v) is 15.0. The van der Waals surface area contributed by atoms with Crippen molar-refractivity contribution in [2.75, 3.05) is 25.6 Å². The summed E-state index contributed by atoms with van der Waals surface area (Å²) in [6.45, 7) is 3.62. The molecule has 0 amide bonds. The van der Waals surface area contributed by atoms with E-state index in [4.69, 9.17) is 14.5 Å². The van der Waals surface area contributed by atoms with Gasteiger partial charge in [0.25, 0.3) is 0 Å². The van der Waals surface area contributed by atoms with Crippen molar-refractivity contribution in [3.63, 3.8) is 0 Å². The van der Waals surface area contributed by atoms with E-state index in [-0.39, 0.29) is 11.9 Å². The third-order valence-corrected chi connectivity index (χ3v) is 4.74. The molecule has 1 aliphatic rings. The largest absolute Gasteiger partial charge is 0.504 e. The standard InChI is InChI=1S/C20H23N3O3/c1-13-5-8-18-22-19(14-6-7-17(25-2)16(24)10-14)20(23(18)12-13)21-11-15-4-3-9-26-15/h5-8,10,12,15,21,24H,3-4,9,11H2,1-2H3/t15-/m0/s1. The van der Waals surface area contributed by atoms with Gasteiger partial charge < -0.3 is 19.9 Å². The van der Waals surface area contributed by atoms with Crippen LogP contribution in [-0.4, -0.2) is 40.9 Å². The Morgan fingerprint density at radius 2 is 2.23 bits per heavy atom. The Balaban J connectivity index is 1.77. The molecule has 1 atom stereocenters. The molecule has 3 heterocycles. The Labute approximate surface area is 152 Å². The van der Waals surface area contributed by atoms with Crippen molar-refractivity contribution < 1.29 is 14.6 Å². The zero-order valence-electron chi connectivity index (χ0n) is 15.0. The molecule has 6 heteroatoms. The van der Waals surface area contributed by atoms with E-state index in [0.717, 1.165) is 54.3 Å². The van der Waals surface area contributed by atoms with Crippen molar-refractivity contribution in [3.05, 3.63) is 42.1 Å². The van der Waals surface area contributed by atoms with Crippen LogP contribution in [0.1, 0.15) is 18.4 Å². The van der Waals surface area contributed by atoms with E-state index in [1.807, 2.05) is 18.2 Å². The predicted octanol–water partition coefficient (Wildman–Crippen LogP) is 3.61. The second-order valence-electron chi connectivity index (χ2n) is 6.65. The van der Waals surface area contributed by atoms with Crippen LogP contribution in [0.3, 0.4) is 0 Å². The zero-order chi connectivity index (χ0) is 18.1. The molecule has 0 spiro atoms. The molecule has 0 radical (unpaired) electrons. The first-order valence-electron chi connectivity index (χ1n) is 8.87. The Morgan fingerprint density at radius 3 is 2.96 bits per heavy atom. The van der Waals surface area contributed by atoms with Gasteiger partial charge in [-0.3, -0.25) is 4.40 Å². The molecule has 6 nitrogen and oxygen atoms in total. The summed E-state index contributed by atoms with van der Waals surface area (Å²) in [5, 5.41) is 13.7. The highest BCUT2D eigenvalue weighted by molar-refractivity contribution is 5.78. The lowest BCUT2D eigenvalue weighted by molar-refractivity contribution is 0.120. The minimum atomic E-state index is 0.100. The third-order valence-electron chi connectivity index (χ3n) is 4.74. The minimum Gasteiger partial charge on any atom is -0.504 e. The van der Waals surface area contributed by atoms with Gasteiger partial charge in [-0.15, -0.1) is 0 Å². The fraction of sp³-hybridized carbons (Fsp3) is 0.350. The number of nitrogens with one attached hydrogen (secondary N) is 1. The summed E-state index contributed by atoms with van der Waals surface area (Å²) in [6.07, 6.45) is 4.47. The van der Waals surface area contributed by atoms with Crippen LogP contribution in [0.5, 0.6) is 11.5 Å². The van der Waals surface area contributed by atoms with Crippen molar-refractivity contribution >= 4 is 11.5 Å². The van der Waals surface area contributed by atoms with Crippen LogP contribution in [0.25, 0.3) is 16.9 Å². The number of hydrogen-bond donors (Lipinski definition) is 2. The van der Waals surface area contributed by atoms with Gasteiger partial charge in [-0.05, 0) is 49.6 Å². The molecule has 1 aliphatic heterocycles. The number of pyridine rings is 1. The maximum Gasteiger partial charge on any atom is 0.160 e. The number of anilines is 1. The molecule has 1 saturated heterocycles. The fourth-order valence-corrected chi connectivity index (χ4v) is 3.37. The van der Waals surface area contributed by atoms with Crippen LogP contribution in [0, 0.1) is 6.92 Å². The SMILES string of the molecule is COc1ccc(-c2nc3ccc(C)cn3c2NC[C@@H]2CCCO2)cc1O. The van der Waals surface area contributed by atoms with E-state index in [1.165, 1.54) is 7.11 Å². The lowest BCUT2D eigenvalue weighted by Gasteiger charge is -2.13. The number of aromatic hydroxyl groups is 1. The molecule has 0 bridgehead atoms. The summed E-state index contributed by atoms with van der Waals surface area (Å²) in [4.78, 5) is 4.77. The highest BCUT2D eigenvalue weighted by Gasteiger charge is 2.19. The number of methoxy groups -OCH3 is 1. The number of benzene rings is 1. The van der Waals surface area contributed by atoms with Gasteiger partial charge in [-0.25, -0.2) is 4.98 Å². The molecule has 4 rings (SSSR count). The van der Waals surface area contributed by atoms with E-state index < -0.39 is 0 Å². The van der Waals surface area contributed by atoms with Crippen LogP contribution >= 0.6 is 0 Å². The maximum absolute atomic E-state index is 10.2. The topological polar surface area (TPSA) is 68.0 Å². The number of phenolic OH excluding ortho intramolecular Hbond substituents is 1. The summed E-state index contributed by atoms with van der Waals surface area (Å²) >= 11 is 0. The molecule has 0 unspecified atom stereocenters. The summed E-state index contributed by atoms with van der Waals surface area (Å²) in [7, 11) is 1.54. The van der Waals surface area contributed by atoms with Crippen LogP contribution in [0.4, 0.5) is 5.82 Å².